The van der Waals surface area contributed by atoms with E-state index in [1.165, 1.54) is 12.1 Å². The molecule has 0 aliphatic carbocycles. The van der Waals surface area contributed by atoms with Crippen molar-refractivity contribution in [1.82, 2.24) is 5.16 Å². The Morgan fingerprint density at radius 3 is 3.13 bits per heavy atom. The number of fused-ring (bicyclic) bond motifs is 1. The highest BCUT2D eigenvalue weighted by molar-refractivity contribution is 5.86. The van der Waals surface area contributed by atoms with Gasteiger partial charge < -0.3 is 10.3 Å². The molecule has 2 rings (SSSR count). The van der Waals surface area contributed by atoms with E-state index in [9.17, 15) is 10.0 Å². The van der Waals surface area contributed by atoms with E-state index in [4.69, 9.17) is 5.11 Å². The minimum atomic E-state index is -1.03. The molecule has 6 heteroatoms. The third kappa shape index (κ3) is 1.78. The Labute approximate surface area is 83.6 Å². The van der Waals surface area contributed by atoms with E-state index in [1.807, 2.05) is 0 Å². The predicted molar refractivity (Wildman–Crippen MR) is 49.6 cm³/mol. The van der Waals surface area contributed by atoms with E-state index in [0.717, 1.165) is 6.08 Å². The van der Waals surface area contributed by atoms with Crippen molar-refractivity contribution in [1.29, 1.82) is 0 Å². The highest BCUT2D eigenvalue weighted by Crippen LogP contribution is 2.11. The van der Waals surface area contributed by atoms with Crippen LogP contribution in [-0.2, 0) is 4.79 Å². The van der Waals surface area contributed by atoms with Gasteiger partial charge in [-0.05, 0) is 22.6 Å². The summed E-state index contributed by atoms with van der Waals surface area (Å²) in [4.78, 5) is 10.6. The molecule has 0 bridgehead atoms. The van der Waals surface area contributed by atoms with Gasteiger partial charge in [-0.2, -0.15) is 0 Å². The number of rotatable bonds is 2. The molecule has 0 saturated carbocycles. The summed E-state index contributed by atoms with van der Waals surface area (Å²) in [5, 5.41) is 22.8. The summed E-state index contributed by atoms with van der Waals surface area (Å²) >= 11 is 0. The Morgan fingerprint density at radius 1 is 1.60 bits per heavy atom. The van der Waals surface area contributed by atoms with Gasteiger partial charge in [-0.3, -0.25) is 4.63 Å². The second kappa shape index (κ2) is 3.41. The summed E-state index contributed by atoms with van der Waals surface area (Å²) in [5.74, 6) is -1.03. The summed E-state index contributed by atoms with van der Waals surface area (Å²) in [6, 6.07) is 4.68. The number of aromatic nitrogens is 2. The second-order valence-corrected chi connectivity index (χ2v) is 2.85. The van der Waals surface area contributed by atoms with Crippen molar-refractivity contribution in [3.8, 4) is 0 Å². The van der Waals surface area contributed by atoms with Crippen LogP contribution in [0.15, 0.2) is 28.9 Å². The minimum absolute atomic E-state index is 0.292. The van der Waals surface area contributed by atoms with Crippen LogP contribution in [0.2, 0.25) is 0 Å². The zero-order valence-electron chi connectivity index (χ0n) is 7.45. The van der Waals surface area contributed by atoms with Crippen molar-refractivity contribution in [2.75, 3.05) is 0 Å². The summed E-state index contributed by atoms with van der Waals surface area (Å²) in [6.07, 6.45) is 2.41. The van der Waals surface area contributed by atoms with Crippen molar-refractivity contribution in [3.63, 3.8) is 0 Å². The van der Waals surface area contributed by atoms with E-state index in [0.29, 0.717) is 21.5 Å². The standard InChI is InChI=1S/C9H6N2O4/c12-9(13)4-2-6-1-3-8-7(5-6)10-15-11(8)14/h1-5H,(H,12,13). The summed E-state index contributed by atoms with van der Waals surface area (Å²) in [7, 11) is 0. The SMILES string of the molecule is O=C(O)C=Cc1ccc2c(c1)no[n+]2[O-]. The van der Waals surface area contributed by atoms with Gasteiger partial charge in [-0.1, -0.05) is 6.07 Å². The van der Waals surface area contributed by atoms with Crippen molar-refractivity contribution in [2.24, 2.45) is 0 Å². The molecule has 1 N–H and O–H groups in total. The summed E-state index contributed by atoms with van der Waals surface area (Å²) < 4.78 is 4.37. The highest BCUT2D eigenvalue weighted by Gasteiger charge is 2.08. The van der Waals surface area contributed by atoms with E-state index in [2.05, 4.69) is 9.79 Å². The molecule has 1 aromatic carbocycles. The van der Waals surface area contributed by atoms with Crippen LogP contribution in [0.4, 0.5) is 0 Å². The predicted octanol–water partition coefficient (Wildman–Crippen LogP) is 0.559. The third-order valence-electron chi connectivity index (χ3n) is 1.83. The van der Waals surface area contributed by atoms with Crippen LogP contribution in [-0.4, -0.2) is 16.2 Å². The Hall–Kier alpha value is -2.37. The van der Waals surface area contributed by atoms with Gasteiger partial charge >= 0.3 is 5.97 Å². The molecule has 0 amide bonds. The molecule has 6 nitrogen and oxygen atoms in total. The summed E-state index contributed by atoms with van der Waals surface area (Å²) in [6.45, 7) is 0. The monoisotopic (exact) mass is 206 g/mol. The maximum Gasteiger partial charge on any atom is 0.328 e. The molecule has 0 atom stereocenters. The number of carboxylic acids is 1. The first-order valence-corrected chi connectivity index (χ1v) is 4.07. The minimum Gasteiger partial charge on any atom is -0.478 e. The molecular formula is C9H6N2O4. The molecule has 0 aliphatic rings. The molecule has 76 valence electrons. The average Bonchev–Trinajstić information content (AvgIpc) is 2.57. The fourth-order valence-electron chi connectivity index (χ4n) is 1.16. The Bertz CT molecular complexity index is 544. The van der Waals surface area contributed by atoms with E-state index in [-0.39, 0.29) is 0 Å². The average molecular weight is 206 g/mol. The van der Waals surface area contributed by atoms with Crippen LogP contribution in [0.25, 0.3) is 17.1 Å². The maximum atomic E-state index is 10.9. The number of nitrogens with zero attached hydrogens (tertiary/aromatic N) is 2. The van der Waals surface area contributed by atoms with Crippen molar-refractivity contribution < 1.29 is 19.4 Å². The lowest BCUT2D eigenvalue weighted by Crippen LogP contribution is -2.22. The van der Waals surface area contributed by atoms with Crippen LogP contribution in [0.3, 0.4) is 0 Å². The molecule has 0 unspecified atom stereocenters. The van der Waals surface area contributed by atoms with Gasteiger partial charge in [0.05, 0.1) is 0 Å². The number of hydrogen-bond acceptors (Lipinski definition) is 4. The molecule has 2 aromatic rings. The Kier molecular flexibility index (Phi) is 2.09. The number of carboxylic acid groups (broad SMARTS) is 1. The van der Waals surface area contributed by atoms with Gasteiger partial charge in [0.15, 0.2) is 0 Å². The van der Waals surface area contributed by atoms with Gasteiger partial charge in [-0.25, -0.2) is 4.79 Å². The zero-order chi connectivity index (χ0) is 10.8. The van der Waals surface area contributed by atoms with Crippen LogP contribution in [0.1, 0.15) is 5.56 Å². The third-order valence-corrected chi connectivity index (χ3v) is 1.83. The van der Waals surface area contributed by atoms with Crippen molar-refractivity contribution in [3.05, 3.63) is 35.0 Å². The lowest BCUT2D eigenvalue weighted by Gasteiger charge is -1.89. The number of hydrogen-bond donors (Lipinski definition) is 1. The normalized spacial score (nSPS) is 11.2. The molecule has 0 fully saturated rings. The molecule has 0 radical (unpaired) electrons. The molecule has 15 heavy (non-hydrogen) atoms. The van der Waals surface area contributed by atoms with Crippen molar-refractivity contribution in [2.45, 2.75) is 0 Å². The fraction of sp³-hybridized carbons (Fsp3) is 0. The number of benzene rings is 1. The lowest BCUT2D eigenvalue weighted by molar-refractivity contribution is -0.782. The van der Waals surface area contributed by atoms with E-state index in [1.54, 1.807) is 12.1 Å². The maximum absolute atomic E-state index is 10.9. The van der Waals surface area contributed by atoms with Gasteiger partial charge in [0.2, 0.25) is 11.0 Å². The van der Waals surface area contributed by atoms with Crippen LogP contribution in [0.5, 0.6) is 0 Å². The van der Waals surface area contributed by atoms with E-state index < -0.39 is 5.97 Å². The topological polar surface area (TPSA) is 90.3 Å². The number of aliphatic carboxylic acids is 1. The van der Waals surface area contributed by atoms with E-state index >= 15 is 0 Å². The van der Waals surface area contributed by atoms with Crippen LogP contribution < -0.4 is 4.90 Å². The van der Waals surface area contributed by atoms with Gasteiger partial charge in [0.25, 0.3) is 0 Å². The Morgan fingerprint density at radius 2 is 2.40 bits per heavy atom. The Balaban J connectivity index is 2.43. The molecular weight excluding hydrogens is 200 g/mol. The molecule has 1 heterocycles. The first kappa shape index (κ1) is 9.20. The quantitative estimate of drug-likeness (QED) is 0.572. The van der Waals surface area contributed by atoms with Gasteiger partial charge in [0, 0.05) is 17.3 Å². The molecule has 0 aliphatic heterocycles. The second-order valence-electron chi connectivity index (χ2n) is 2.85. The summed E-state index contributed by atoms with van der Waals surface area (Å²) in [5.41, 5.74) is 1.33. The lowest BCUT2D eigenvalue weighted by atomic mass is 10.2. The highest BCUT2D eigenvalue weighted by atomic mass is 16.8. The first-order valence-electron chi connectivity index (χ1n) is 4.07. The van der Waals surface area contributed by atoms with Crippen molar-refractivity contribution >= 4 is 23.1 Å². The molecule has 1 aromatic heterocycles. The molecule has 0 spiro atoms. The smallest absolute Gasteiger partial charge is 0.328 e. The van der Waals surface area contributed by atoms with Gasteiger partial charge in [-0.15, -0.1) is 0 Å². The first-order chi connectivity index (χ1) is 7.16. The molecule has 0 saturated heterocycles. The zero-order valence-corrected chi connectivity index (χ0v) is 7.45. The van der Waals surface area contributed by atoms with Crippen LogP contribution in [0, 0.1) is 5.21 Å². The largest absolute Gasteiger partial charge is 0.478 e. The fourth-order valence-corrected chi connectivity index (χ4v) is 1.16. The van der Waals surface area contributed by atoms with Gasteiger partial charge in [0.1, 0.15) is 0 Å². The van der Waals surface area contributed by atoms with Crippen LogP contribution >= 0.6 is 0 Å². The number of carbonyl (C=O) groups is 1.